The van der Waals surface area contributed by atoms with E-state index in [9.17, 15) is 0 Å². The van der Waals surface area contributed by atoms with Gasteiger partial charge in [-0.15, -0.1) is 0 Å². The first-order valence-corrected chi connectivity index (χ1v) is 10.4. The molecule has 0 radical (unpaired) electrons. The van der Waals surface area contributed by atoms with Gasteiger partial charge < -0.3 is 15.6 Å². The summed E-state index contributed by atoms with van der Waals surface area (Å²) < 4.78 is 5.61. The fraction of sp³-hybridized carbons (Fsp3) is 0.261. The summed E-state index contributed by atoms with van der Waals surface area (Å²) in [6.07, 6.45) is 8.35. The van der Waals surface area contributed by atoms with Crippen molar-refractivity contribution in [1.29, 1.82) is 0 Å². The molecule has 1 saturated carbocycles. The summed E-state index contributed by atoms with van der Waals surface area (Å²) in [4.78, 5) is 17.3. The molecule has 0 bridgehead atoms. The van der Waals surface area contributed by atoms with Crippen LogP contribution in [0.15, 0.2) is 59.5 Å². The van der Waals surface area contributed by atoms with Crippen molar-refractivity contribution in [2.75, 3.05) is 17.6 Å². The van der Waals surface area contributed by atoms with Gasteiger partial charge in [-0.3, -0.25) is 0 Å². The number of nitrogens with one attached hydrogen (secondary N) is 1. The Balaban J connectivity index is 1.42. The monoisotopic (exact) mass is 413 g/mol. The second kappa shape index (κ2) is 7.79. The molecular weight excluding hydrogens is 390 g/mol. The van der Waals surface area contributed by atoms with Gasteiger partial charge in [0.1, 0.15) is 5.82 Å². The Kier molecular flexibility index (Phi) is 4.82. The van der Waals surface area contributed by atoms with Gasteiger partial charge in [0, 0.05) is 30.7 Å². The molecule has 0 atom stereocenters. The maximum absolute atomic E-state index is 5.61. The number of hydrogen-bond donors (Lipinski definition) is 2. The molecule has 0 aliphatic heterocycles. The Morgan fingerprint density at radius 2 is 1.65 bits per heavy atom. The molecule has 4 aromatic rings. The van der Waals surface area contributed by atoms with Crippen molar-refractivity contribution in [2.24, 2.45) is 0 Å². The zero-order valence-corrected chi connectivity index (χ0v) is 17.2. The van der Waals surface area contributed by atoms with E-state index in [2.05, 4.69) is 49.7 Å². The summed E-state index contributed by atoms with van der Waals surface area (Å²) in [5.74, 6) is 2.32. The van der Waals surface area contributed by atoms with Crippen molar-refractivity contribution in [1.82, 2.24) is 25.1 Å². The lowest BCUT2D eigenvalue weighted by Crippen LogP contribution is -2.36. The molecule has 0 unspecified atom stereocenters. The molecular formula is C23H23N7O. The molecule has 0 amide bonds. The Bertz CT molecular complexity index is 1160. The zero-order chi connectivity index (χ0) is 21.3. The number of benzene rings is 1. The lowest BCUT2D eigenvalue weighted by atomic mass is 9.64. The number of nitrogens with zero attached hydrogens (tertiary/aromatic N) is 5. The van der Waals surface area contributed by atoms with Crippen LogP contribution in [0.2, 0.25) is 0 Å². The van der Waals surface area contributed by atoms with E-state index in [0.717, 1.165) is 54.1 Å². The lowest BCUT2D eigenvalue weighted by Gasteiger charge is -2.39. The molecule has 0 spiro atoms. The SMILES string of the molecule is CCNc1ccc(-c2nc(C3(c4ccc(-c5cnc(N)nc5)cc4)CCC3)no2)cn1. The number of anilines is 2. The second-order valence-electron chi connectivity index (χ2n) is 7.73. The molecule has 1 aromatic carbocycles. The second-order valence-corrected chi connectivity index (χ2v) is 7.73. The minimum absolute atomic E-state index is 0.213. The highest BCUT2D eigenvalue weighted by Crippen LogP contribution is 2.48. The average Bonchev–Trinajstić information content (AvgIpc) is 3.25. The molecule has 8 heteroatoms. The van der Waals surface area contributed by atoms with Gasteiger partial charge in [-0.2, -0.15) is 4.98 Å². The van der Waals surface area contributed by atoms with Crippen LogP contribution in [0.4, 0.5) is 11.8 Å². The van der Waals surface area contributed by atoms with Crippen LogP contribution in [0.5, 0.6) is 0 Å². The molecule has 1 fully saturated rings. The van der Waals surface area contributed by atoms with E-state index in [0.29, 0.717) is 5.89 Å². The minimum Gasteiger partial charge on any atom is -0.370 e. The number of nitrogen functional groups attached to an aromatic ring is 1. The van der Waals surface area contributed by atoms with Gasteiger partial charge in [-0.25, -0.2) is 15.0 Å². The van der Waals surface area contributed by atoms with E-state index in [1.807, 2.05) is 19.1 Å². The van der Waals surface area contributed by atoms with E-state index >= 15 is 0 Å². The Hall–Kier alpha value is -3.81. The first-order chi connectivity index (χ1) is 15.2. The van der Waals surface area contributed by atoms with Gasteiger partial charge in [-0.1, -0.05) is 35.8 Å². The minimum atomic E-state index is -0.213. The Labute approximate surface area is 180 Å². The van der Waals surface area contributed by atoms with Crippen LogP contribution in [-0.2, 0) is 5.41 Å². The fourth-order valence-corrected chi connectivity index (χ4v) is 3.98. The normalized spacial score (nSPS) is 14.7. The summed E-state index contributed by atoms with van der Waals surface area (Å²) in [6, 6.07) is 12.3. The van der Waals surface area contributed by atoms with Crippen LogP contribution in [-0.4, -0.2) is 31.6 Å². The van der Waals surface area contributed by atoms with Crippen LogP contribution in [0.25, 0.3) is 22.6 Å². The zero-order valence-electron chi connectivity index (χ0n) is 17.2. The van der Waals surface area contributed by atoms with Gasteiger partial charge in [0.2, 0.25) is 5.95 Å². The highest BCUT2D eigenvalue weighted by molar-refractivity contribution is 5.63. The van der Waals surface area contributed by atoms with Gasteiger partial charge in [0.25, 0.3) is 5.89 Å². The van der Waals surface area contributed by atoms with Gasteiger partial charge >= 0.3 is 0 Å². The maximum atomic E-state index is 5.61. The number of rotatable bonds is 6. The summed E-state index contributed by atoms with van der Waals surface area (Å²) >= 11 is 0. The topological polar surface area (TPSA) is 116 Å². The Morgan fingerprint density at radius 3 is 2.26 bits per heavy atom. The molecule has 3 N–H and O–H groups in total. The highest BCUT2D eigenvalue weighted by atomic mass is 16.5. The molecule has 156 valence electrons. The quantitative estimate of drug-likeness (QED) is 0.486. The third-order valence-corrected chi connectivity index (χ3v) is 5.87. The predicted octanol–water partition coefficient (Wildman–Crippen LogP) is 4.07. The largest absolute Gasteiger partial charge is 0.370 e. The lowest BCUT2D eigenvalue weighted by molar-refractivity contribution is 0.273. The number of hydrogen-bond acceptors (Lipinski definition) is 8. The van der Waals surface area contributed by atoms with Gasteiger partial charge in [-0.05, 0) is 43.0 Å². The maximum Gasteiger partial charge on any atom is 0.259 e. The van der Waals surface area contributed by atoms with Crippen molar-refractivity contribution in [3.63, 3.8) is 0 Å². The van der Waals surface area contributed by atoms with E-state index in [4.69, 9.17) is 15.2 Å². The highest BCUT2D eigenvalue weighted by Gasteiger charge is 2.44. The molecule has 3 aromatic heterocycles. The Morgan fingerprint density at radius 1 is 0.935 bits per heavy atom. The van der Waals surface area contributed by atoms with Crippen molar-refractivity contribution in [3.8, 4) is 22.6 Å². The fourth-order valence-electron chi connectivity index (χ4n) is 3.98. The first-order valence-electron chi connectivity index (χ1n) is 10.4. The number of nitrogens with two attached hydrogens (primary N) is 1. The van der Waals surface area contributed by atoms with Crippen LogP contribution in [0.3, 0.4) is 0 Å². The summed E-state index contributed by atoms with van der Waals surface area (Å²) in [7, 11) is 0. The van der Waals surface area contributed by atoms with Crippen LogP contribution < -0.4 is 11.1 Å². The smallest absolute Gasteiger partial charge is 0.259 e. The van der Waals surface area contributed by atoms with Gasteiger partial charge in [0.15, 0.2) is 5.82 Å². The van der Waals surface area contributed by atoms with Crippen molar-refractivity contribution < 1.29 is 4.52 Å². The average molecular weight is 413 g/mol. The van der Waals surface area contributed by atoms with E-state index < -0.39 is 0 Å². The molecule has 1 aliphatic carbocycles. The van der Waals surface area contributed by atoms with Crippen LogP contribution >= 0.6 is 0 Å². The van der Waals surface area contributed by atoms with Crippen molar-refractivity contribution in [3.05, 3.63) is 66.4 Å². The molecule has 3 heterocycles. The summed E-state index contributed by atoms with van der Waals surface area (Å²) in [5, 5.41) is 7.53. The van der Waals surface area contributed by atoms with Crippen LogP contribution in [0, 0.1) is 0 Å². The molecule has 0 saturated heterocycles. The van der Waals surface area contributed by atoms with E-state index in [-0.39, 0.29) is 11.4 Å². The molecule has 8 nitrogen and oxygen atoms in total. The first kappa shape index (κ1) is 19.2. The van der Waals surface area contributed by atoms with Gasteiger partial charge in [0.05, 0.1) is 11.0 Å². The van der Waals surface area contributed by atoms with E-state index in [1.165, 1.54) is 5.56 Å². The standard InChI is InChI=1S/C23H23N7O/c1-2-25-19-9-6-16(12-26-19)20-29-21(30-31-20)23(10-3-11-23)18-7-4-15(5-8-18)17-13-27-22(24)28-14-17/h4-9,12-14H,2-3,10-11H2,1H3,(H,25,26)(H2,24,27,28). The third kappa shape index (κ3) is 3.50. The van der Waals surface area contributed by atoms with Crippen LogP contribution in [0.1, 0.15) is 37.6 Å². The van der Waals surface area contributed by atoms with Crippen molar-refractivity contribution >= 4 is 11.8 Å². The number of pyridine rings is 1. The van der Waals surface area contributed by atoms with E-state index in [1.54, 1.807) is 18.6 Å². The predicted molar refractivity (Wildman–Crippen MR) is 118 cm³/mol. The molecule has 1 aliphatic rings. The molecule has 5 rings (SSSR count). The van der Waals surface area contributed by atoms with Crippen molar-refractivity contribution in [2.45, 2.75) is 31.6 Å². The summed E-state index contributed by atoms with van der Waals surface area (Å²) in [5.41, 5.74) is 9.35. The molecule has 31 heavy (non-hydrogen) atoms. The summed E-state index contributed by atoms with van der Waals surface area (Å²) in [6.45, 7) is 2.86. The third-order valence-electron chi connectivity index (χ3n) is 5.87. The number of aromatic nitrogens is 5.